The van der Waals surface area contributed by atoms with Gasteiger partial charge in [0.2, 0.25) is 0 Å². The average Bonchev–Trinajstić information content (AvgIpc) is 3.72. The van der Waals surface area contributed by atoms with E-state index in [1.165, 1.54) is 37.6 Å². The highest BCUT2D eigenvalue weighted by Crippen LogP contribution is 2.36. The van der Waals surface area contributed by atoms with Crippen LogP contribution in [0.4, 0.5) is 4.39 Å². The Morgan fingerprint density at radius 1 is 0.923 bits per heavy atom. The summed E-state index contributed by atoms with van der Waals surface area (Å²) in [7, 11) is 1.53. The SMILES string of the molecule is COc1cc(F)cc(-c2ccnc3[nH]c(-c4n[nH]c5ccc(-c6cncc(CN7CCCC7)c6)cc45)cc23)c1. The molecule has 0 unspecified atom stereocenters. The number of nitrogens with one attached hydrogen (secondary N) is 2. The summed E-state index contributed by atoms with van der Waals surface area (Å²) in [6.07, 6.45) is 8.15. The first-order chi connectivity index (χ1) is 19.1. The van der Waals surface area contributed by atoms with Gasteiger partial charge in [0.05, 0.1) is 18.3 Å². The number of hydrogen-bond donors (Lipinski definition) is 2. The van der Waals surface area contributed by atoms with Gasteiger partial charge in [0, 0.05) is 47.5 Å². The average molecular weight is 519 g/mol. The number of benzene rings is 2. The number of halogens is 1. The lowest BCUT2D eigenvalue weighted by molar-refractivity contribution is 0.331. The van der Waals surface area contributed by atoms with Gasteiger partial charge in [-0.1, -0.05) is 6.07 Å². The zero-order valence-corrected chi connectivity index (χ0v) is 21.5. The maximum Gasteiger partial charge on any atom is 0.138 e. The fraction of sp³-hybridized carbons (Fsp3) is 0.194. The van der Waals surface area contributed by atoms with E-state index in [4.69, 9.17) is 4.74 Å². The van der Waals surface area contributed by atoms with Crippen molar-refractivity contribution in [2.45, 2.75) is 19.4 Å². The van der Waals surface area contributed by atoms with E-state index in [1.807, 2.05) is 30.6 Å². The fourth-order valence-corrected chi connectivity index (χ4v) is 5.57. The van der Waals surface area contributed by atoms with Crippen molar-refractivity contribution in [1.82, 2.24) is 30.0 Å². The topological polar surface area (TPSA) is 82.7 Å². The van der Waals surface area contributed by atoms with Crippen LogP contribution in [0.1, 0.15) is 18.4 Å². The summed E-state index contributed by atoms with van der Waals surface area (Å²) < 4.78 is 19.6. The third kappa shape index (κ3) is 4.42. The number of H-pyrrole nitrogens is 2. The molecule has 0 spiro atoms. The molecule has 39 heavy (non-hydrogen) atoms. The molecule has 1 saturated heterocycles. The van der Waals surface area contributed by atoms with Crippen LogP contribution in [-0.4, -0.2) is 50.2 Å². The normalized spacial score (nSPS) is 14.0. The van der Waals surface area contributed by atoms with Crippen LogP contribution in [0.5, 0.6) is 5.75 Å². The lowest BCUT2D eigenvalue weighted by atomic mass is 10.0. The van der Waals surface area contributed by atoms with Gasteiger partial charge in [0.1, 0.15) is 22.9 Å². The predicted octanol–water partition coefficient (Wildman–Crippen LogP) is 6.58. The van der Waals surface area contributed by atoms with Crippen LogP contribution in [0.3, 0.4) is 0 Å². The molecule has 8 heteroatoms. The van der Waals surface area contributed by atoms with Crippen LogP contribution in [0, 0.1) is 5.82 Å². The number of rotatable bonds is 6. The minimum absolute atomic E-state index is 0.352. The molecule has 2 aromatic carbocycles. The number of hydrogen-bond acceptors (Lipinski definition) is 5. The Kier molecular flexibility index (Phi) is 5.82. The number of pyridine rings is 2. The lowest BCUT2D eigenvalue weighted by Gasteiger charge is -2.14. The second kappa shape index (κ2) is 9.63. The Balaban J connectivity index is 1.28. The number of aromatic amines is 2. The number of nitrogens with zero attached hydrogens (tertiary/aromatic N) is 4. The van der Waals surface area contributed by atoms with Crippen LogP contribution in [0.25, 0.3) is 55.6 Å². The summed E-state index contributed by atoms with van der Waals surface area (Å²) in [4.78, 5) is 15.0. The highest BCUT2D eigenvalue weighted by molar-refractivity contribution is 6.00. The number of methoxy groups -OCH3 is 1. The lowest BCUT2D eigenvalue weighted by Crippen LogP contribution is -2.18. The summed E-state index contributed by atoms with van der Waals surface area (Å²) in [5.41, 5.74) is 8.26. The van der Waals surface area contributed by atoms with Gasteiger partial charge in [-0.15, -0.1) is 0 Å². The standard InChI is InChI=1S/C31H27FN6O/c1-39-24-12-21(11-23(32)14-24)25-6-7-34-31-26(25)15-29(35-31)30-27-13-20(4-5-28(27)36-37-30)22-10-19(16-33-17-22)18-38-8-2-3-9-38/h4-7,10-17H,2-3,8-9,18H2,1H3,(H,34,35)(H,36,37). The Morgan fingerprint density at radius 2 is 1.82 bits per heavy atom. The van der Waals surface area contributed by atoms with Crippen LogP contribution >= 0.6 is 0 Å². The summed E-state index contributed by atoms with van der Waals surface area (Å²) in [5, 5.41) is 9.68. The molecule has 0 amide bonds. The second-order valence-corrected chi connectivity index (χ2v) is 10.1. The van der Waals surface area contributed by atoms with E-state index < -0.39 is 0 Å². The quantitative estimate of drug-likeness (QED) is 0.260. The van der Waals surface area contributed by atoms with Gasteiger partial charge in [0.25, 0.3) is 0 Å². The predicted molar refractivity (Wildman–Crippen MR) is 151 cm³/mol. The van der Waals surface area contributed by atoms with E-state index in [2.05, 4.69) is 54.3 Å². The third-order valence-corrected chi connectivity index (χ3v) is 7.50. The Bertz CT molecular complexity index is 1820. The third-order valence-electron chi connectivity index (χ3n) is 7.50. The molecular weight excluding hydrogens is 491 g/mol. The van der Waals surface area contributed by atoms with E-state index in [9.17, 15) is 4.39 Å². The van der Waals surface area contributed by atoms with Gasteiger partial charge in [0.15, 0.2) is 0 Å². The molecule has 0 radical (unpaired) electrons. The molecule has 0 saturated carbocycles. The summed E-state index contributed by atoms with van der Waals surface area (Å²) >= 11 is 0. The van der Waals surface area contributed by atoms with Gasteiger partial charge in [-0.3, -0.25) is 15.0 Å². The van der Waals surface area contributed by atoms with E-state index in [-0.39, 0.29) is 5.82 Å². The Morgan fingerprint density at radius 3 is 2.69 bits per heavy atom. The zero-order valence-electron chi connectivity index (χ0n) is 21.5. The number of fused-ring (bicyclic) bond motifs is 2. The van der Waals surface area contributed by atoms with E-state index in [0.717, 1.165) is 69.6 Å². The molecule has 6 aromatic rings. The largest absolute Gasteiger partial charge is 0.497 e. The number of likely N-dealkylation sites (tertiary alicyclic amines) is 1. The highest BCUT2D eigenvalue weighted by atomic mass is 19.1. The summed E-state index contributed by atoms with van der Waals surface area (Å²) in [5.74, 6) is 0.116. The van der Waals surface area contributed by atoms with Gasteiger partial charge in [-0.25, -0.2) is 9.37 Å². The fourth-order valence-electron chi connectivity index (χ4n) is 5.57. The van der Waals surface area contributed by atoms with Crippen molar-refractivity contribution in [3.05, 3.63) is 84.6 Å². The van der Waals surface area contributed by atoms with Gasteiger partial charge in [-0.2, -0.15) is 5.10 Å². The Labute approximate surface area is 224 Å². The number of ether oxygens (including phenoxy) is 1. The van der Waals surface area contributed by atoms with Crippen molar-refractivity contribution < 1.29 is 9.13 Å². The number of aromatic nitrogens is 5. The molecular formula is C31H27FN6O. The van der Waals surface area contributed by atoms with Crippen LogP contribution in [0.15, 0.2) is 73.2 Å². The summed E-state index contributed by atoms with van der Waals surface area (Å²) in [6.45, 7) is 3.24. The van der Waals surface area contributed by atoms with Crippen molar-refractivity contribution >= 4 is 21.9 Å². The zero-order chi connectivity index (χ0) is 26.3. The van der Waals surface area contributed by atoms with E-state index in [1.54, 1.807) is 6.20 Å². The molecule has 7 rings (SSSR count). The van der Waals surface area contributed by atoms with Gasteiger partial charge < -0.3 is 9.72 Å². The molecule has 0 bridgehead atoms. The second-order valence-electron chi connectivity index (χ2n) is 10.1. The van der Waals surface area contributed by atoms with E-state index >= 15 is 0 Å². The molecule has 4 aromatic heterocycles. The first-order valence-electron chi connectivity index (χ1n) is 13.1. The monoisotopic (exact) mass is 518 g/mol. The highest BCUT2D eigenvalue weighted by Gasteiger charge is 2.17. The van der Waals surface area contributed by atoms with Gasteiger partial charge >= 0.3 is 0 Å². The van der Waals surface area contributed by atoms with Crippen LogP contribution in [-0.2, 0) is 6.54 Å². The van der Waals surface area contributed by atoms with Crippen molar-refractivity contribution in [2.75, 3.05) is 20.2 Å². The smallest absolute Gasteiger partial charge is 0.138 e. The van der Waals surface area contributed by atoms with Crippen molar-refractivity contribution in [3.8, 4) is 39.4 Å². The molecule has 1 aliphatic heterocycles. The molecule has 0 atom stereocenters. The first kappa shape index (κ1) is 23.5. The molecule has 7 nitrogen and oxygen atoms in total. The van der Waals surface area contributed by atoms with Crippen molar-refractivity contribution in [3.63, 3.8) is 0 Å². The Hall–Kier alpha value is -4.56. The maximum atomic E-state index is 14.3. The first-order valence-corrected chi connectivity index (χ1v) is 13.1. The molecule has 5 heterocycles. The van der Waals surface area contributed by atoms with Gasteiger partial charge in [-0.05, 0) is 90.6 Å². The molecule has 0 aliphatic carbocycles. The minimum Gasteiger partial charge on any atom is -0.497 e. The molecule has 1 fully saturated rings. The molecule has 1 aliphatic rings. The van der Waals surface area contributed by atoms with Crippen molar-refractivity contribution in [1.29, 1.82) is 0 Å². The van der Waals surface area contributed by atoms with Crippen molar-refractivity contribution in [2.24, 2.45) is 0 Å². The van der Waals surface area contributed by atoms with Crippen LogP contribution in [0.2, 0.25) is 0 Å². The summed E-state index contributed by atoms with van der Waals surface area (Å²) in [6, 6.07) is 17.2. The minimum atomic E-state index is -0.352. The van der Waals surface area contributed by atoms with E-state index in [0.29, 0.717) is 11.4 Å². The van der Waals surface area contributed by atoms with Crippen LogP contribution < -0.4 is 4.74 Å². The molecule has 2 N–H and O–H groups in total. The maximum absolute atomic E-state index is 14.3. The molecule has 194 valence electrons.